The fourth-order valence-corrected chi connectivity index (χ4v) is 12.6. The number of aromatic nitrogens is 2. The zero-order valence-electron chi connectivity index (χ0n) is 32.5. The summed E-state index contributed by atoms with van der Waals surface area (Å²) < 4.78 is 17.6. The molecule has 2 aliphatic carbocycles. The minimum absolute atomic E-state index is 0.0942. The summed E-state index contributed by atoms with van der Waals surface area (Å²) in [4.78, 5) is 41.0. The molecular weight excluding hydrogens is 681 g/mol. The number of fused-ring (bicyclic) bond motifs is 9. The summed E-state index contributed by atoms with van der Waals surface area (Å²) in [6.45, 7) is 6.60. The number of hydrogen-bond donors (Lipinski definition) is 3. The van der Waals surface area contributed by atoms with Gasteiger partial charge in [-0.25, -0.2) is 0 Å². The predicted molar refractivity (Wildman–Crippen MR) is 208 cm³/mol. The number of allylic oxidation sites excluding steroid dienone is 1. The Balaban J connectivity index is 1.30. The van der Waals surface area contributed by atoms with Crippen LogP contribution in [0.25, 0.3) is 21.8 Å². The zero-order chi connectivity index (χ0) is 37.7. The lowest BCUT2D eigenvalue weighted by molar-refractivity contribution is -0.169. The maximum atomic E-state index is 14.3. The van der Waals surface area contributed by atoms with E-state index >= 15 is 0 Å². The number of nitrogens with one attached hydrogen (secondary N) is 2. The molecule has 4 aromatic rings. The Morgan fingerprint density at radius 1 is 1.02 bits per heavy atom. The number of nitrogens with zero attached hydrogens (tertiary/aromatic N) is 2. The standard InChI is InChI=1S/C44H54N4O6/c1-7-25-15-24-20-43(41(50)53-5)39-28(13-14-48(21-24)40(25)43)29-16-30(36(52-4)19-35(29)46-39)31-17-33-26(8-2)22-47(3)37(44(33,23-49)42(51)54-6)18-32-27-11-9-10-12-34(27)45-38(31)32/h8-12,16,19,24-25,31,33,37,40,45-46,49H,7,13-15,17-18,20-23H2,1-6H3/b26-8-/t24-,25-,31-,33-,37+,40+,43-,44?/m1/s1. The highest BCUT2D eigenvalue weighted by Crippen LogP contribution is 2.57. The normalized spacial score (nSPS) is 33.8. The second kappa shape index (κ2) is 13.0. The van der Waals surface area contributed by atoms with Crippen molar-refractivity contribution in [2.24, 2.45) is 23.2 Å². The van der Waals surface area contributed by atoms with Gasteiger partial charge in [-0.2, -0.15) is 0 Å². The smallest absolute Gasteiger partial charge is 0.319 e. The van der Waals surface area contributed by atoms with Crippen molar-refractivity contribution in [2.45, 2.75) is 75.8 Å². The first kappa shape index (κ1) is 35.6. The van der Waals surface area contributed by atoms with Crippen LogP contribution in [0.2, 0.25) is 0 Å². The van der Waals surface area contributed by atoms with Crippen molar-refractivity contribution in [1.82, 2.24) is 19.8 Å². The Morgan fingerprint density at radius 2 is 1.81 bits per heavy atom. The van der Waals surface area contributed by atoms with Crippen LogP contribution in [-0.2, 0) is 37.3 Å². The number of esters is 2. The monoisotopic (exact) mass is 734 g/mol. The van der Waals surface area contributed by atoms with Crippen molar-refractivity contribution >= 4 is 33.7 Å². The Hall–Kier alpha value is -4.12. The summed E-state index contributed by atoms with van der Waals surface area (Å²) in [7, 11) is 6.76. The maximum Gasteiger partial charge on any atom is 0.319 e. The van der Waals surface area contributed by atoms with E-state index in [2.05, 4.69) is 76.2 Å². The van der Waals surface area contributed by atoms with Crippen LogP contribution in [0, 0.1) is 23.2 Å². The van der Waals surface area contributed by atoms with Gasteiger partial charge in [-0.15, -0.1) is 0 Å². The molecule has 4 aliphatic heterocycles. The Labute approximate surface area is 317 Å². The fraction of sp³-hybridized carbons (Fsp3) is 0.545. The van der Waals surface area contributed by atoms with Crippen LogP contribution in [-0.4, -0.2) is 104 Å². The molecule has 286 valence electrons. The molecule has 3 saturated heterocycles. The van der Waals surface area contributed by atoms with E-state index < -0.39 is 10.8 Å². The van der Waals surface area contributed by atoms with Crippen LogP contribution in [0.4, 0.5) is 0 Å². The number of methoxy groups -OCH3 is 3. The minimum Gasteiger partial charge on any atom is -0.496 e. The molecule has 6 heterocycles. The van der Waals surface area contributed by atoms with E-state index in [0.29, 0.717) is 31.2 Å². The van der Waals surface area contributed by atoms with Gasteiger partial charge in [0.2, 0.25) is 0 Å². The lowest BCUT2D eigenvalue weighted by atomic mass is 9.56. The summed E-state index contributed by atoms with van der Waals surface area (Å²) in [5.41, 5.74) is 6.70. The van der Waals surface area contributed by atoms with Gasteiger partial charge in [-0.1, -0.05) is 43.2 Å². The van der Waals surface area contributed by atoms with Gasteiger partial charge in [0.05, 0.1) is 27.9 Å². The molecule has 0 spiro atoms. The highest BCUT2D eigenvalue weighted by Gasteiger charge is 2.63. The Morgan fingerprint density at radius 3 is 2.54 bits per heavy atom. The minimum atomic E-state index is -1.17. The highest BCUT2D eigenvalue weighted by molar-refractivity contribution is 5.93. The average molecular weight is 735 g/mol. The Bertz CT molecular complexity index is 2190. The van der Waals surface area contributed by atoms with Crippen molar-refractivity contribution in [3.8, 4) is 5.75 Å². The van der Waals surface area contributed by atoms with Gasteiger partial charge in [0.1, 0.15) is 16.6 Å². The molecule has 54 heavy (non-hydrogen) atoms. The van der Waals surface area contributed by atoms with Crippen molar-refractivity contribution in [2.75, 3.05) is 54.6 Å². The maximum absolute atomic E-state index is 14.3. The van der Waals surface area contributed by atoms with E-state index in [9.17, 15) is 14.7 Å². The second-order valence-electron chi connectivity index (χ2n) is 16.8. The van der Waals surface area contributed by atoms with E-state index in [1.54, 1.807) is 14.2 Å². The van der Waals surface area contributed by atoms with Crippen molar-refractivity contribution in [3.05, 3.63) is 76.1 Å². The first-order valence-electron chi connectivity index (χ1n) is 19.9. The van der Waals surface area contributed by atoms with Gasteiger partial charge >= 0.3 is 11.9 Å². The highest BCUT2D eigenvalue weighted by atomic mass is 16.5. The molecule has 10 nitrogen and oxygen atoms in total. The lowest BCUT2D eigenvalue weighted by Crippen LogP contribution is -2.67. The molecule has 1 saturated carbocycles. The molecule has 10 rings (SSSR count). The quantitative estimate of drug-likeness (QED) is 0.167. The number of ether oxygens (including phenoxy) is 3. The fourth-order valence-electron chi connectivity index (χ4n) is 12.6. The average Bonchev–Trinajstić information content (AvgIpc) is 3.72. The molecule has 0 radical (unpaired) electrons. The molecule has 9 atom stereocenters. The molecule has 10 heteroatoms. The van der Waals surface area contributed by atoms with E-state index in [1.807, 2.05) is 6.92 Å². The van der Waals surface area contributed by atoms with E-state index in [-0.39, 0.29) is 42.5 Å². The number of aromatic amines is 2. The van der Waals surface area contributed by atoms with Crippen LogP contribution in [0.15, 0.2) is 48.0 Å². The van der Waals surface area contributed by atoms with Crippen molar-refractivity contribution in [1.29, 1.82) is 0 Å². The molecule has 2 aromatic carbocycles. The molecule has 2 unspecified atom stereocenters. The summed E-state index contributed by atoms with van der Waals surface area (Å²) >= 11 is 0. The topological polar surface area (TPSA) is 120 Å². The number of H-pyrrole nitrogens is 2. The lowest BCUT2D eigenvalue weighted by Gasteiger charge is -2.57. The molecule has 4 fully saturated rings. The SMILES string of the molecule is C/C=C1/CN(C)[C@H]2Cc3c([nH]c4ccccc34)[C@@H](c3cc4c5c([nH]c4cc3OC)[C@]3(C(=O)OC)C[C@H]4C[C@@H](CC)[C@@H]3N(CC5)C4)C[C@H]1C2(CO)C(=O)OC. The predicted octanol–water partition coefficient (Wildman–Crippen LogP) is 5.85. The van der Waals surface area contributed by atoms with Gasteiger partial charge in [-0.3, -0.25) is 19.4 Å². The zero-order valence-corrected chi connectivity index (χ0v) is 32.5. The van der Waals surface area contributed by atoms with Gasteiger partial charge < -0.3 is 29.3 Å². The third kappa shape index (κ3) is 4.68. The molecular formula is C44H54N4O6. The third-order valence-corrected chi connectivity index (χ3v) is 14.8. The van der Waals surface area contributed by atoms with Gasteiger partial charge in [0, 0.05) is 88.4 Å². The number of likely N-dealkylation sites (tertiary alicyclic amines) is 1. The molecule has 3 N–H and O–H groups in total. The van der Waals surface area contributed by atoms with Gasteiger partial charge in [-0.05, 0) is 81.2 Å². The first-order valence-corrected chi connectivity index (χ1v) is 19.9. The Kier molecular flexibility index (Phi) is 8.56. The number of aliphatic hydroxyl groups is 1. The number of rotatable bonds is 6. The third-order valence-electron chi connectivity index (χ3n) is 14.8. The van der Waals surface area contributed by atoms with Gasteiger partial charge in [0.25, 0.3) is 0 Å². The number of hydrogen-bond acceptors (Lipinski definition) is 8. The van der Waals surface area contributed by atoms with E-state index in [4.69, 9.17) is 14.2 Å². The second-order valence-corrected chi connectivity index (χ2v) is 16.8. The molecule has 0 amide bonds. The number of piperidine rings is 3. The summed E-state index contributed by atoms with van der Waals surface area (Å²) in [5.74, 6) is 0.613. The number of carbonyl (C=O) groups excluding carboxylic acids is 2. The number of aliphatic hydroxyl groups excluding tert-OH is 1. The van der Waals surface area contributed by atoms with Gasteiger partial charge in [0.15, 0.2) is 0 Å². The summed E-state index contributed by atoms with van der Waals surface area (Å²) in [6, 6.07) is 12.6. The van der Waals surface area contributed by atoms with E-state index in [0.717, 1.165) is 94.4 Å². The molecule has 6 bridgehead atoms. The number of benzene rings is 2. The van der Waals surface area contributed by atoms with Crippen LogP contribution >= 0.6 is 0 Å². The van der Waals surface area contributed by atoms with Crippen LogP contribution < -0.4 is 4.74 Å². The summed E-state index contributed by atoms with van der Waals surface area (Å²) in [6.07, 6.45) is 7.07. The molecule has 2 aromatic heterocycles. The van der Waals surface area contributed by atoms with Crippen molar-refractivity contribution < 1.29 is 28.9 Å². The summed E-state index contributed by atoms with van der Waals surface area (Å²) in [5, 5.41) is 13.7. The largest absolute Gasteiger partial charge is 0.496 e. The number of likely N-dealkylation sites (N-methyl/N-ethyl adjacent to an activating group) is 1. The first-order chi connectivity index (χ1) is 26.2. The number of carbonyl (C=O) groups is 2. The van der Waals surface area contributed by atoms with Crippen LogP contribution in [0.1, 0.15) is 73.5 Å². The number of para-hydroxylation sites is 1. The van der Waals surface area contributed by atoms with E-state index in [1.165, 1.54) is 12.7 Å². The molecule has 6 aliphatic rings. The van der Waals surface area contributed by atoms with Crippen molar-refractivity contribution in [3.63, 3.8) is 0 Å². The van der Waals surface area contributed by atoms with Crippen LogP contribution in [0.3, 0.4) is 0 Å². The van der Waals surface area contributed by atoms with Crippen LogP contribution in [0.5, 0.6) is 5.75 Å².